The lowest BCUT2D eigenvalue weighted by atomic mass is 10.2. The summed E-state index contributed by atoms with van der Waals surface area (Å²) in [4.78, 5) is 20.9. The van der Waals surface area contributed by atoms with Crippen molar-refractivity contribution in [2.24, 2.45) is 0 Å². The molecule has 1 amide bonds. The molecule has 1 aromatic carbocycles. The molecule has 5 nitrogen and oxygen atoms in total. The molecule has 1 aliphatic heterocycles. The van der Waals surface area contributed by atoms with Crippen LogP contribution in [0, 0.1) is 6.92 Å². The van der Waals surface area contributed by atoms with Crippen molar-refractivity contribution in [3.8, 4) is 0 Å². The number of hydrogen-bond donors (Lipinski definition) is 1. The molecule has 3 rings (SSSR count). The number of aromatic nitrogens is 1. The number of anilines is 1. The van der Waals surface area contributed by atoms with Crippen molar-refractivity contribution in [1.82, 2.24) is 15.2 Å². The van der Waals surface area contributed by atoms with Crippen molar-refractivity contribution in [2.75, 3.05) is 44.2 Å². The molecule has 0 saturated carbocycles. The highest BCUT2D eigenvalue weighted by Gasteiger charge is 2.19. The summed E-state index contributed by atoms with van der Waals surface area (Å²) in [5.41, 5.74) is 5.44. The van der Waals surface area contributed by atoms with Crippen LogP contribution in [-0.4, -0.2) is 55.1 Å². The second kappa shape index (κ2) is 8.26. The zero-order valence-corrected chi connectivity index (χ0v) is 14.9. The molecule has 24 heavy (non-hydrogen) atoms. The van der Waals surface area contributed by atoms with Gasteiger partial charge in [0.1, 0.15) is 0 Å². The molecule has 2 aromatic rings. The number of carbonyl (C=O) groups excluding carboxylic acids is 1. The highest BCUT2D eigenvalue weighted by Crippen LogP contribution is 2.17. The summed E-state index contributed by atoms with van der Waals surface area (Å²) in [5, 5.41) is 5.01. The smallest absolute Gasteiger partial charge is 0.234 e. The first-order valence-electron chi connectivity index (χ1n) is 8.38. The quantitative estimate of drug-likeness (QED) is 0.870. The van der Waals surface area contributed by atoms with Gasteiger partial charge in [-0.3, -0.25) is 9.69 Å². The predicted molar refractivity (Wildman–Crippen MR) is 98.7 cm³/mol. The monoisotopic (exact) mass is 344 g/mol. The van der Waals surface area contributed by atoms with Crippen LogP contribution in [0.3, 0.4) is 0 Å². The Balaban J connectivity index is 1.38. The van der Waals surface area contributed by atoms with Gasteiger partial charge in [-0.25, -0.2) is 4.98 Å². The molecule has 0 spiro atoms. The van der Waals surface area contributed by atoms with Crippen LogP contribution in [0.15, 0.2) is 35.2 Å². The number of thiazole rings is 1. The van der Waals surface area contributed by atoms with Gasteiger partial charge in [-0.05, 0) is 24.6 Å². The van der Waals surface area contributed by atoms with Crippen molar-refractivity contribution in [3.63, 3.8) is 0 Å². The third-order valence-electron chi connectivity index (χ3n) is 4.29. The number of benzene rings is 1. The van der Waals surface area contributed by atoms with Crippen molar-refractivity contribution >= 4 is 22.9 Å². The first kappa shape index (κ1) is 16.9. The van der Waals surface area contributed by atoms with Crippen molar-refractivity contribution in [1.29, 1.82) is 0 Å². The number of carbonyl (C=O) groups is 1. The fraction of sp³-hybridized carbons (Fsp3) is 0.444. The molecule has 6 heteroatoms. The van der Waals surface area contributed by atoms with E-state index in [2.05, 4.69) is 51.3 Å². The number of amides is 1. The van der Waals surface area contributed by atoms with Gasteiger partial charge in [-0.2, -0.15) is 0 Å². The number of hydrogen-bond acceptors (Lipinski definition) is 5. The van der Waals surface area contributed by atoms with Gasteiger partial charge >= 0.3 is 0 Å². The van der Waals surface area contributed by atoms with Gasteiger partial charge in [0, 0.05) is 50.2 Å². The summed E-state index contributed by atoms with van der Waals surface area (Å²) in [6, 6.07) is 8.61. The van der Waals surface area contributed by atoms with E-state index in [9.17, 15) is 4.79 Å². The first-order valence-corrected chi connectivity index (χ1v) is 9.33. The average Bonchev–Trinajstić information content (AvgIpc) is 3.09. The van der Waals surface area contributed by atoms with Crippen LogP contribution in [0.4, 0.5) is 5.69 Å². The fourth-order valence-corrected chi connectivity index (χ4v) is 3.53. The zero-order chi connectivity index (χ0) is 16.8. The van der Waals surface area contributed by atoms with Crippen LogP contribution in [-0.2, 0) is 11.2 Å². The Labute approximate surface area is 147 Å². The van der Waals surface area contributed by atoms with Crippen LogP contribution < -0.4 is 10.2 Å². The molecule has 128 valence electrons. The van der Waals surface area contributed by atoms with Gasteiger partial charge in [0.25, 0.3) is 0 Å². The minimum atomic E-state index is 0.106. The maximum Gasteiger partial charge on any atom is 0.234 e. The number of nitrogens with zero attached hydrogens (tertiary/aromatic N) is 3. The van der Waals surface area contributed by atoms with Gasteiger partial charge < -0.3 is 10.2 Å². The molecule has 1 N–H and O–H groups in total. The van der Waals surface area contributed by atoms with E-state index in [0.717, 1.165) is 38.3 Å². The topological polar surface area (TPSA) is 48.5 Å². The van der Waals surface area contributed by atoms with E-state index in [4.69, 9.17) is 0 Å². The van der Waals surface area contributed by atoms with Gasteiger partial charge in [0.15, 0.2) is 0 Å². The van der Waals surface area contributed by atoms with Gasteiger partial charge in [0.05, 0.1) is 17.7 Å². The Hall–Kier alpha value is -1.92. The van der Waals surface area contributed by atoms with E-state index in [1.54, 1.807) is 11.3 Å². The van der Waals surface area contributed by atoms with E-state index in [1.165, 1.54) is 11.3 Å². The number of piperazine rings is 1. The molecular weight excluding hydrogens is 320 g/mol. The normalized spacial score (nSPS) is 15.5. The highest BCUT2D eigenvalue weighted by atomic mass is 32.1. The summed E-state index contributed by atoms with van der Waals surface area (Å²) in [6.07, 6.45) is 0.802. The van der Waals surface area contributed by atoms with Crippen LogP contribution in [0.5, 0.6) is 0 Å². The first-order chi connectivity index (χ1) is 11.7. The Bertz CT molecular complexity index is 651. The van der Waals surface area contributed by atoms with E-state index < -0.39 is 0 Å². The number of rotatable bonds is 6. The van der Waals surface area contributed by atoms with Gasteiger partial charge in [-0.15, -0.1) is 11.3 Å². The second-order valence-corrected chi connectivity index (χ2v) is 6.90. The van der Waals surface area contributed by atoms with E-state index in [0.29, 0.717) is 13.1 Å². The minimum Gasteiger partial charge on any atom is -0.369 e. The molecule has 0 aliphatic carbocycles. The molecule has 0 bridgehead atoms. The Morgan fingerprint density at radius 2 is 2.12 bits per heavy atom. The average molecular weight is 344 g/mol. The van der Waals surface area contributed by atoms with Crippen LogP contribution in [0.2, 0.25) is 0 Å². The van der Waals surface area contributed by atoms with E-state index >= 15 is 0 Å². The maximum atomic E-state index is 12.1. The third-order valence-corrected chi connectivity index (χ3v) is 4.93. The zero-order valence-electron chi connectivity index (χ0n) is 14.1. The summed E-state index contributed by atoms with van der Waals surface area (Å²) < 4.78 is 0. The van der Waals surface area contributed by atoms with Gasteiger partial charge in [-0.1, -0.05) is 12.1 Å². The summed E-state index contributed by atoms with van der Waals surface area (Å²) in [6.45, 7) is 7.05. The third kappa shape index (κ3) is 4.79. The molecule has 0 unspecified atom stereocenters. The van der Waals surface area contributed by atoms with Gasteiger partial charge in [0.2, 0.25) is 5.91 Å². The summed E-state index contributed by atoms with van der Waals surface area (Å²) >= 11 is 1.59. The van der Waals surface area contributed by atoms with Crippen LogP contribution >= 0.6 is 11.3 Å². The SMILES string of the molecule is Cc1cccc(N2CCN(CC(=O)NCCc3cscn3)CC2)c1. The van der Waals surface area contributed by atoms with Crippen LogP contribution in [0.1, 0.15) is 11.3 Å². The summed E-state index contributed by atoms with van der Waals surface area (Å²) in [5.74, 6) is 0.106. The Kier molecular flexibility index (Phi) is 5.82. The van der Waals surface area contributed by atoms with Crippen molar-refractivity contribution in [2.45, 2.75) is 13.3 Å². The second-order valence-electron chi connectivity index (χ2n) is 6.18. The standard InChI is InChI=1S/C18H24N4OS/c1-15-3-2-4-17(11-15)22-9-7-21(8-10-22)12-18(23)19-6-5-16-13-24-14-20-16/h2-4,11,13-14H,5-10,12H2,1H3,(H,19,23). The van der Waals surface area contributed by atoms with E-state index in [1.807, 2.05) is 10.9 Å². The van der Waals surface area contributed by atoms with E-state index in [-0.39, 0.29) is 5.91 Å². The number of aryl methyl sites for hydroxylation is 1. The Morgan fingerprint density at radius 1 is 1.29 bits per heavy atom. The fourth-order valence-electron chi connectivity index (χ4n) is 2.94. The molecular formula is C18H24N4OS. The molecule has 1 aliphatic rings. The summed E-state index contributed by atoms with van der Waals surface area (Å²) in [7, 11) is 0. The lowest BCUT2D eigenvalue weighted by Gasteiger charge is -2.35. The minimum absolute atomic E-state index is 0.106. The largest absolute Gasteiger partial charge is 0.369 e. The van der Waals surface area contributed by atoms with Crippen molar-refractivity contribution < 1.29 is 4.79 Å². The maximum absolute atomic E-state index is 12.1. The molecule has 0 atom stereocenters. The predicted octanol–water partition coefficient (Wildman–Crippen LogP) is 1.93. The molecule has 0 radical (unpaired) electrons. The molecule has 2 heterocycles. The lowest BCUT2D eigenvalue weighted by Crippen LogP contribution is -2.49. The Morgan fingerprint density at radius 3 is 2.83 bits per heavy atom. The van der Waals surface area contributed by atoms with Crippen molar-refractivity contribution in [3.05, 3.63) is 46.4 Å². The highest BCUT2D eigenvalue weighted by molar-refractivity contribution is 7.07. The lowest BCUT2D eigenvalue weighted by molar-refractivity contribution is -0.122. The molecule has 1 aromatic heterocycles. The number of nitrogens with one attached hydrogen (secondary N) is 1. The van der Waals surface area contributed by atoms with Crippen LogP contribution in [0.25, 0.3) is 0 Å². The molecule has 1 saturated heterocycles. The molecule has 1 fully saturated rings.